The number of piperidine rings is 1. The molecule has 1 heterocycles. The summed E-state index contributed by atoms with van der Waals surface area (Å²) in [5.41, 5.74) is 0.933. The van der Waals surface area contributed by atoms with Crippen molar-refractivity contribution >= 4 is 29.1 Å². The maximum Gasteiger partial charge on any atom is 0.255 e. The van der Waals surface area contributed by atoms with E-state index >= 15 is 0 Å². The number of benzene rings is 1. The van der Waals surface area contributed by atoms with E-state index in [2.05, 4.69) is 10.6 Å². The zero-order valence-corrected chi connectivity index (χ0v) is 14.7. The molecular weight excluding hydrogens is 330 g/mol. The van der Waals surface area contributed by atoms with Gasteiger partial charge in [0.15, 0.2) is 0 Å². The average Bonchev–Trinajstić information content (AvgIpc) is 2.59. The molecular formula is C17H24ClN3O3. The van der Waals surface area contributed by atoms with Crippen LogP contribution in [0, 0.1) is 0 Å². The minimum absolute atomic E-state index is 0.0611. The predicted octanol–water partition coefficient (Wildman–Crippen LogP) is 2.14. The Bertz CT molecular complexity index is 574. The van der Waals surface area contributed by atoms with Crippen molar-refractivity contribution in [3.63, 3.8) is 0 Å². The first kappa shape index (κ1) is 18.7. The summed E-state index contributed by atoms with van der Waals surface area (Å²) in [6.45, 7) is 2.77. The summed E-state index contributed by atoms with van der Waals surface area (Å²) in [6, 6.07) is 4.96. The largest absolute Gasteiger partial charge is 0.383 e. The highest BCUT2D eigenvalue weighted by Crippen LogP contribution is 2.24. The van der Waals surface area contributed by atoms with E-state index < -0.39 is 0 Å². The van der Waals surface area contributed by atoms with Gasteiger partial charge in [-0.05, 0) is 37.5 Å². The molecule has 0 saturated carbocycles. The summed E-state index contributed by atoms with van der Waals surface area (Å²) in [4.78, 5) is 26.6. The van der Waals surface area contributed by atoms with Crippen molar-refractivity contribution in [1.82, 2.24) is 10.2 Å². The summed E-state index contributed by atoms with van der Waals surface area (Å²) >= 11 is 6.03. The Morgan fingerprint density at radius 1 is 1.25 bits per heavy atom. The zero-order valence-electron chi connectivity index (χ0n) is 13.9. The van der Waals surface area contributed by atoms with Crippen LogP contribution in [0.3, 0.4) is 0 Å². The van der Waals surface area contributed by atoms with Crippen LogP contribution in [0.4, 0.5) is 5.69 Å². The third-order valence-electron chi connectivity index (χ3n) is 3.90. The Balaban J connectivity index is 2.04. The van der Waals surface area contributed by atoms with Crippen molar-refractivity contribution < 1.29 is 14.3 Å². The molecule has 132 valence electrons. The first-order chi connectivity index (χ1) is 11.6. The second-order valence-electron chi connectivity index (χ2n) is 5.76. The number of methoxy groups -OCH3 is 1. The van der Waals surface area contributed by atoms with Crippen LogP contribution in [-0.4, -0.2) is 56.6 Å². The minimum atomic E-state index is -0.221. The van der Waals surface area contributed by atoms with E-state index in [1.807, 2.05) is 4.90 Å². The summed E-state index contributed by atoms with van der Waals surface area (Å²) < 4.78 is 4.91. The minimum Gasteiger partial charge on any atom is -0.383 e. The van der Waals surface area contributed by atoms with Crippen LogP contribution in [0.5, 0.6) is 0 Å². The van der Waals surface area contributed by atoms with E-state index in [1.54, 1.807) is 25.3 Å². The van der Waals surface area contributed by atoms with Gasteiger partial charge in [-0.25, -0.2) is 0 Å². The lowest BCUT2D eigenvalue weighted by molar-refractivity contribution is -0.115. The number of nitrogens with one attached hydrogen (secondary N) is 2. The summed E-state index contributed by atoms with van der Waals surface area (Å²) in [5.74, 6) is -0.282. The van der Waals surface area contributed by atoms with Gasteiger partial charge in [0.2, 0.25) is 5.91 Å². The van der Waals surface area contributed by atoms with E-state index in [0.29, 0.717) is 29.4 Å². The van der Waals surface area contributed by atoms with Gasteiger partial charge in [0.1, 0.15) is 0 Å². The number of hydrogen-bond acceptors (Lipinski definition) is 4. The SMILES string of the molecule is COCCNCC(=O)Nc1cc(Cl)ccc1C(=O)N1CCCCC1. The van der Waals surface area contributed by atoms with Crippen molar-refractivity contribution in [3.8, 4) is 0 Å². The number of carbonyl (C=O) groups is 2. The molecule has 0 bridgehead atoms. The average molecular weight is 354 g/mol. The summed E-state index contributed by atoms with van der Waals surface area (Å²) in [6.07, 6.45) is 3.19. The number of ether oxygens (including phenoxy) is 1. The highest BCUT2D eigenvalue weighted by molar-refractivity contribution is 6.31. The maximum atomic E-state index is 12.7. The maximum absolute atomic E-state index is 12.7. The Kier molecular flexibility index (Phi) is 7.49. The fourth-order valence-corrected chi connectivity index (χ4v) is 2.82. The van der Waals surface area contributed by atoms with Crippen LogP contribution in [0.1, 0.15) is 29.6 Å². The van der Waals surface area contributed by atoms with Crippen molar-refractivity contribution in [3.05, 3.63) is 28.8 Å². The van der Waals surface area contributed by atoms with Crippen molar-refractivity contribution in [2.75, 3.05) is 45.2 Å². The second kappa shape index (κ2) is 9.61. The Morgan fingerprint density at radius 3 is 2.71 bits per heavy atom. The van der Waals surface area contributed by atoms with Crippen molar-refractivity contribution in [2.45, 2.75) is 19.3 Å². The molecule has 0 unspecified atom stereocenters. The molecule has 7 heteroatoms. The number of rotatable bonds is 7. The summed E-state index contributed by atoms with van der Waals surface area (Å²) in [7, 11) is 1.60. The van der Waals surface area contributed by atoms with E-state index in [9.17, 15) is 9.59 Å². The number of halogens is 1. The molecule has 1 aromatic carbocycles. The number of carbonyl (C=O) groups excluding carboxylic acids is 2. The van der Waals surface area contributed by atoms with Crippen LogP contribution in [0.25, 0.3) is 0 Å². The molecule has 1 aliphatic rings. The molecule has 0 aliphatic carbocycles. The summed E-state index contributed by atoms with van der Waals surface area (Å²) in [5, 5.41) is 6.22. The normalized spacial score (nSPS) is 14.5. The predicted molar refractivity (Wildman–Crippen MR) is 94.6 cm³/mol. The van der Waals surface area contributed by atoms with Crippen LogP contribution < -0.4 is 10.6 Å². The molecule has 2 amide bonds. The molecule has 0 atom stereocenters. The fraction of sp³-hybridized carbons (Fsp3) is 0.529. The molecule has 2 N–H and O–H groups in total. The molecule has 1 aliphatic heterocycles. The Morgan fingerprint density at radius 2 is 2.00 bits per heavy atom. The molecule has 0 radical (unpaired) electrons. The highest BCUT2D eigenvalue weighted by Gasteiger charge is 2.21. The van der Waals surface area contributed by atoms with Crippen LogP contribution in [0.15, 0.2) is 18.2 Å². The third-order valence-corrected chi connectivity index (χ3v) is 4.13. The number of anilines is 1. The zero-order chi connectivity index (χ0) is 17.4. The lowest BCUT2D eigenvalue weighted by Crippen LogP contribution is -2.36. The molecule has 24 heavy (non-hydrogen) atoms. The first-order valence-electron chi connectivity index (χ1n) is 8.20. The van der Waals surface area contributed by atoms with Gasteiger partial charge in [0.05, 0.1) is 24.4 Å². The molecule has 1 saturated heterocycles. The van der Waals surface area contributed by atoms with Gasteiger partial charge in [-0.1, -0.05) is 11.6 Å². The smallest absolute Gasteiger partial charge is 0.255 e. The van der Waals surface area contributed by atoms with Gasteiger partial charge >= 0.3 is 0 Å². The van der Waals surface area contributed by atoms with Crippen molar-refractivity contribution in [1.29, 1.82) is 0 Å². The molecule has 0 spiro atoms. The van der Waals surface area contributed by atoms with Gasteiger partial charge in [-0.3, -0.25) is 9.59 Å². The monoisotopic (exact) mass is 353 g/mol. The van der Waals surface area contributed by atoms with Gasteiger partial charge in [0.25, 0.3) is 5.91 Å². The molecule has 2 rings (SSSR count). The number of likely N-dealkylation sites (tertiary alicyclic amines) is 1. The fourth-order valence-electron chi connectivity index (χ4n) is 2.64. The van der Waals surface area contributed by atoms with Gasteiger partial charge in [-0.2, -0.15) is 0 Å². The van der Waals surface area contributed by atoms with Crippen LogP contribution in [-0.2, 0) is 9.53 Å². The van der Waals surface area contributed by atoms with Gasteiger partial charge < -0.3 is 20.3 Å². The topological polar surface area (TPSA) is 70.7 Å². The molecule has 1 aromatic rings. The Labute approximate surface area is 147 Å². The lowest BCUT2D eigenvalue weighted by atomic mass is 10.1. The molecule has 0 aromatic heterocycles. The first-order valence-corrected chi connectivity index (χ1v) is 8.58. The number of amides is 2. The van der Waals surface area contributed by atoms with Gasteiger partial charge in [0, 0.05) is 31.8 Å². The highest BCUT2D eigenvalue weighted by atomic mass is 35.5. The molecule has 6 nitrogen and oxygen atoms in total. The lowest BCUT2D eigenvalue weighted by Gasteiger charge is -2.27. The standard InChI is InChI=1S/C17H24ClN3O3/c1-24-10-7-19-12-16(22)20-15-11-13(18)5-6-14(15)17(23)21-8-3-2-4-9-21/h5-6,11,19H,2-4,7-10,12H2,1H3,(H,20,22). The van der Waals surface area contributed by atoms with E-state index in [4.69, 9.17) is 16.3 Å². The Hall–Kier alpha value is -1.63. The van der Waals surface area contributed by atoms with Gasteiger partial charge in [-0.15, -0.1) is 0 Å². The quantitative estimate of drug-likeness (QED) is 0.737. The van der Waals surface area contributed by atoms with E-state index in [1.165, 1.54) is 0 Å². The second-order valence-corrected chi connectivity index (χ2v) is 6.20. The van der Waals surface area contributed by atoms with Crippen LogP contribution >= 0.6 is 11.6 Å². The molecule has 1 fully saturated rings. The van der Waals surface area contributed by atoms with E-state index in [-0.39, 0.29) is 18.4 Å². The third kappa shape index (κ3) is 5.47. The number of nitrogens with zero attached hydrogens (tertiary/aromatic N) is 1. The van der Waals surface area contributed by atoms with E-state index in [0.717, 1.165) is 32.4 Å². The number of hydrogen-bond donors (Lipinski definition) is 2. The van der Waals surface area contributed by atoms with Crippen LogP contribution in [0.2, 0.25) is 5.02 Å². The van der Waals surface area contributed by atoms with Crippen molar-refractivity contribution in [2.24, 2.45) is 0 Å².